The predicted octanol–water partition coefficient (Wildman–Crippen LogP) is 3.46. The van der Waals surface area contributed by atoms with Crippen LogP contribution in [0, 0.1) is 0 Å². The van der Waals surface area contributed by atoms with Gasteiger partial charge in [0.25, 0.3) is 0 Å². The van der Waals surface area contributed by atoms with Crippen molar-refractivity contribution in [1.29, 1.82) is 0 Å². The van der Waals surface area contributed by atoms with Crippen molar-refractivity contribution in [3.05, 3.63) is 42.2 Å². The third kappa shape index (κ3) is 3.45. The Morgan fingerprint density at radius 2 is 2.00 bits per heavy atom. The second-order valence-corrected chi connectivity index (χ2v) is 6.53. The normalized spacial score (nSPS) is 17.8. The standard InChI is InChI=1S/C19H27N5/c1-3-16-11-7-8-12-24(16)19-17(20)18(21-14-22-19)23(2)13-15-9-5-4-6-10-15/h4-6,9-10,14,16H,3,7-8,11-13,20H2,1-2H3. The average Bonchev–Trinajstić information content (AvgIpc) is 2.62. The van der Waals surface area contributed by atoms with E-state index in [1.807, 2.05) is 13.1 Å². The molecule has 5 nitrogen and oxygen atoms in total. The highest BCUT2D eigenvalue weighted by molar-refractivity contribution is 5.75. The summed E-state index contributed by atoms with van der Waals surface area (Å²) in [6.45, 7) is 4.04. The summed E-state index contributed by atoms with van der Waals surface area (Å²) in [6.07, 6.45) is 6.48. The van der Waals surface area contributed by atoms with Crippen LogP contribution in [-0.4, -0.2) is 29.6 Å². The number of hydrogen-bond donors (Lipinski definition) is 1. The summed E-state index contributed by atoms with van der Waals surface area (Å²) in [5.41, 5.74) is 8.41. The molecule has 0 radical (unpaired) electrons. The fraction of sp³-hybridized carbons (Fsp3) is 0.474. The van der Waals surface area contributed by atoms with Crippen LogP contribution >= 0.6 is 0 Å². The Bertz CT molecular complexity index is 658. The van der Waals surface area contributed by atoms with Crippen molar-refractivity contribution in [2.24, 2.45) is 0 Å². The van der Waals surface area contributed by atoms with Crippen LogP contribution in [0.1, 0.15) is 38.2 Å². The Labute approximate surface area is 144 Å². The van der Waals surface area contributed by atoms with E-state index < -0.39 is 0 Å². The van der Waals surface area contributed by atoms with Gasteiger partial charge in [-0.25, -0.2) is 9.97 Å². The molecule has 3 rings (SSSR count). The first kappa shape index (κ1) is 16.6. The third-order valence-electron chi connectivity index (χ3n) is 4.84. The molecule has 1 aromatic carbocycles. The van der Waals surface area contributed by atoms with Gasteiger partial charge in [0.1, 0.15) is 12.0 Å². The number of hydrogen-bond acceptors (Lipinski definition) is 5. The number of nitrogens with two attached hydrogens (primary N) is 1. The molecule has 1 atom stereocenters. The van der Waals surface area contributed by atoms with Gasteiger partial charge < -0.3 is 15.5 Å². The van der Waals surface area contributed by atoms with Crippen LogP contribution in [0.25, 0.3) is 0 Å². The molecule has 2 N–H and O–H groups in total. The minimum Gasteiger partial charge on any atom is -0.393 e. The molecule has 0 spiro atoms. The number of aromatic nitrogens is 2. The van der Waals surface area contributed by atoms with E-state index in [1.54, 1.807) is 6.33 Å². The van der Waals surface area contributed by atoms with Gasteiger partial charge in [-0.1, -0.05) is 37.3 Å². The third-order valence-corrected chi connectivity index (χ3v) is 4.84. The highest BCUT2D eigenvalue weighted by atomic mass is 15.3. The maximum Gasteiger partial charge on any atom is 0.157 e. The van der Waals surface area contributed by atoms with Crippen molar-refractivity contribution in [3.8, 4) is 0 Å². The van der Waals surface area contributed by atoms with Crippen LogP contribution in [-0.2, 0) is 6.54 Å². The highest BCUT2D eigenvalue weighted by Crippen LogP contribution is 2.33. The molecule has 1 aliphatic heterocycles. The van der Waals surface area contributed by atoms with Gasteiger partial charge >= 0.3 is 0 Å². The molecule has 0 saturated carbocycles. The predicted molar refractivity (Wildman–Crippen MR) is 100 cm³/mol. The van der Waals surface area contributed by atoms with Gasteiger partial charge in [-0.2, -0.15) is 0 Å². The summed E-state index contributed by atoms with van der Waals surface area (Å²) < 4.78 is 0. The molecule has 0 bridgehead atoms. The molecule has 5 heteroatoms. The summed E-state index contributed by atoms with van der Waals surface area (Å²) in [7, 11) is 2.03. The van der Waals surface area contributed by atoms with Gasteiger partial charge in [0.2, 0.25) is 0 Å². The zero-order valence-electron chi connectivity index (χ0n) is 14.7. The first-order valence-corrected chi connectivity index (χ1v) is 8.83. The van der Waals surface area contributed by atoms with Crippen molar-refractivity contribution < 1.29 is 0 Å². The molecule has 2 heterocycles. The van der Waals surface area contributed by atoms with Crippen LogP contribution < -0.4 is 15.5 Å². The lowest BCUT2D eigenvalue weighted by Crippen LogP contribution is -2.40. The van der Waals surface area contributed by atoms with E-state index in [9.17, 15) is 0 Å². The fourth-order valence-electron chi connectivity index (χ4n) is 3.55. The number of piperidine rings is 1. The van der Waals surface area contributed by atoms with Crippen molar-refractivity contribution in [3.63, 3.8) is 0 Å². The molecular weight excluding hydrogens is 298 g/mol. The van der Waals surface area contributed by atoms with Crippen LogP contribution in [0.2, 0.25) is 0 Å². The number of benzene rings is 1. The second kappa shape index (κ2) is 7.51. The van der Waals surface area contributed by atoms with Crippen LogP contribution in [0.4, 0.5) is 17.3 Å². The second-order valence-electron chi connectivity index (χ2n) is 6.53. The zero-order chi connectivity index (χ0) is 16.9. The lowest BCUT2D eigenvalue weighted by Gasteiger charge is -2.37. The number of anilines is 3. The van der Waals surface area contributed by atoms with Crippen molar-refractivity contribution in [2.75, 3.05) is 29.1 Å². The topological polar surface area (TPSA) is 58.3 Å². The average molecular weight is 325 g/mol. The quantitative estimate of drug-likeness (QED) is 0.912. The monoisotopic (exact) mass is 325 g/mol. The molecule has 1 aliphatic rings. The summed E-state index contributed by atoms with van der Waals surface area (Å²) >= 11 is 0. The Morgan fingerprint density at radius 1 is 1.21 bits per heavy atom. The van der Waals surface area contributed by atoms with Gasteiger partial charge in [0, 0.05) is 26.2 Å². The van der Waals surface area contributed by atoms with Gasteiger partial charge in [0.15, 0.2) is 11.6 Å². The van der Waals surface area contributed by atoms with E-state index in [0.717, 1.165) is 31.1 Å². The van der Waals surface area contributed by atoms with Gasteiger partial charge in [0.05, 0.1) is 0 Å². The fourth-order valence-corrected chi connectivity index (χ4v) is 3.55. The minimum absolute atomic E-state index is 0.531. The largest absolute Gasteiger partial charge is 0.393 e. The van der Waals surface area contributed by atoms with E-state index in [0.29, 0.717) is 11.7 Å². The first-order chi connectivity index (χ1) is 11.7. The molecule has 0 amide bonds. The summed E-state index contributed by atoms with van der Waals surface area (Å²) in [5, 5.41) is 0. The van der Waals surface area contributed by atoms with Crippen LogP contribution in [0.15, 0.2) is 36.7 Å². The first-order valence-electron chi connectivity index (χ1n) is 8.83. The summed E-state index contributed by atoms with van der Waals surface area (Å²) in [6, 6.07) is 10.9. The Balaban J connectivity index is 1.85. The molecule has 1 unspecified atom stereocenters. The van der Waals surface area contributed by atoms with E-state index in [1.165, 1.54) is 24.8 Å². The SMILES string of the molecule is CCC1CCCCN1c1ncnc(N(C)Cc2ccccc2)c1N. The van der Waals surface area contributed by atoms with Crippen LogP contribution in [0.5, 0.6) is 0 Å². The number of nitrogen functional groups attached to an aromatic ring is 1. The summed E-state index contributed by atoms with van der Waals surface area (Å²) in [4.78, 5) is 13.4. The lowest BCUT2D eigenvalue weighted by atomic mass is 10.00. The Hall–Kier alpha value is -2.30. The van der Waals surface area contributed by atoms with E-state index in [2.05, 4.69) is 51.0 Å². The molecule has 128 valence electrons. The lowest BCUT2D eigenvalue weighted by molar-refractivity contribution is 0.447. The van der Waals surface area contributed by atoms with Gasteiger partial charge in [-0.3, -0.25) is 0 Å². The Kier molecular flexibility index (Phi) is 5.18. The van der Waals surface area contributed by atoms with E-state index in [-0.39, 0.29) is 0 Å². The van der Waals surface area contributed by atoms with Crippen molar-refractivity contribution >= 4 is 17.3 Å². The highest BCUT2D eigenvalue weighted by Gasteiger charge is 2.25. The molecule has 1 fully saturated rings. The smallest absolute Gasteiger partial charge is 0.157 e. The molecule has 2 aromatic rings. The van der Waals surface area contributed by atoms with Gasteiger partial charge in [-0.15, -0.1) is 0 Å². The summed E-state index contributed by atoms with van der Waals surface area (Å²) in [5.74, 6) is 1.70. The molecule has 1 saturated heterocycles. The van der Waals surface area contributed by atoms with E-state index in [4.69, 9.17) is 5.73 Å². The number of nitrogens with zero attached hydrogens (tertiary/aromatic N) is 4. The zero-order valence-corrected chi connectivity index (χ0v) is 14.7. The maximum atomic E-state index is 6.48. The van der Waals surface area contributed by atoms with Crippen molar-refractivity contribution in [2.45, 2.75) is 45.2 Å². The molecule has 1 aromatic heterocycles. The van der Waals surface area contributed by atoms with Crippen LogP contribution in [0.3, 0.4) is 0 Å². The maximum absolute atomic E-state index is 6.48. The Morgan fingerprint density at radius 3 is 2.75 bits per heavy atom. The van der Waals surface area contributed by atoms with E-state index >= 15 is 0 Å². The van der Waals surface area contributed by atoms with Crippen molar-refractivity contribution in [1.82, 2.24) is 9.97 Å². The van der Waals surface area contributed by atoms with Gasteiger partial charge in [-0.05, 0) is 31.2 Å². The molecule has 24 heavy (non-hydrogen) atoms. The minimum atomic E-state index is 0.531. The molecule has 0 aliphatic carbocycles. The number of rotatable bonds is 5. The molecular formula is C19H27N5.